The molecular weight excluding hydrogens is 258 g/mol. The number of esters is 1. The number of alkyl halides is 3. The Morgan fingerprint density at radius 3 is 2.44 bits per heavy atom. The first kappa shape index (κ1) is 14.2. The number of carbonyl (C=O) groups excluding carboxylic acids is 1. The molecule has 1 rings (SSSR count). The van der Waals surface area contributed by atoms with Crippen LogP contribution in [-0.4, -0.2) is 19.4 Å². The third kappa shape index (κ3) is 3.59. The number of carbonyl (C=O) groups is 1. The predicted molar refractivity (Wildman–Crippen MR) is 52.0 cm³/mol. The number of hydrogen-bond donors (Lipinski definition) is 1. The Morgan fingerprint density at radius 1 is 1.39 bits per heavy atom. The van der Waals surface area contributed by atoms with E-state index in [0.717, 1.165) is 19.2 Å². The van der Waals surface area contributed by atoms with Crippen LogP contribution >= 0.6 is 0 Å². The van der Waals surface area contributed by atoms with E-state index >= 15 is 0 Å². The first-order valence-corrected chi connectivity index (χ1v) is 4.63. The number of rotatable bonds is 3. The van der Waals surface area contributed by atoms with Crippen molar-refractivity contribution in [1.29, 1.82) is 0 Å². The van der Waals surface area contributed by atoms with Gasteiger partial charge in [-0.05, 0) is 17.7 Å². The Morgan fingerprint density at radius 2 is 2.00 bits per heavy atom. The zero-order valence-electron chi connectivity index (χ0n) is 9.12. The van der Waals surface area contributed by atoms with Gasteiger partial charge in [-0.15, -0.1) is 13.2 Å². The smallest absolute Gasteiger partial charge is 0.468 e. The van der Waals surface area contributed by atoms with Gasteiger partial charge in [0.2, 0.25) is 0 Å². The zero-order valence-corrected chi connectivity index (χ0v) is 9.12. The van der Waals surface area contributed by atoms with E-state index in [0.29, 0.717) is 6.07 Å². The fraction of sp³-hybridized carbons (Fsp3) is 0.300. The second-order valence-corrected chi connectivity index (χ2v) is 3.24. The van der Waals surface area contributed by atoms with Gasteiger partial charge in [-0.2, -0.15) is 0 Å². The predicted octanol–water partition coefficient (Wildman–Crippen LogP) is 1.90. The number of benzene rings is 1. The normalized spacial score (nSPS) is 13.0. The Hall–Kier alpha value is -1.83. The molecule has 1 aromatic carbocycles. The van der Waals surface area contributed by atoms with Crippen LogP contribution in [0.2, 0.25) is 0 Å². The third-order valence-electron chi connectivity index (χ3n) is 2.00. The van der Waals surface area contributed by atoms with Crippen LogP contribution in [0.1, 0.15) is 11.6 Å². The van der Waals surface area contributed by atoms with E-state index in [2.05, 4.69) is 9.47 Å². The van der Waals surface area contributed by atoms with Gasteiger partial charge in [-0.1, -0.05) is 6.07 Å². The highest BCUT2D eigenvalue weighted by Gasteiger charge is 2.32. The molecule has 0 saturated carbocycles. The van der Waals surface area contributed by atoms with Crippen LogP contribution in [0, 0.1) is 5.82 Å². The van der Waals surface area contributed by atoms with Crippen molar-refractivity contribution in [3.63, 3.8) is 0 Å². The Labute approximate surface area is 99.3 Å². The number of methoxy groups -OCH3 is 1. The van der Waals surface area contributed by atoms with E-state index < -0.39 is 29.9 Å². The molecule has 8 heteroatoms. The van der Waals surface area contributed by atoms with Crippen molar-refractivity contribution in [2.75, 3.05) is 7.11 Å². The van der Waals surface area contributed by atoms with Crippen molar-refractivity contribution in [2.24, 2.45) is 5.73 Å². The van der Waals surface area contributed by atoms with Crippen LogP contribution in [0.3, 0.4) is 0 Å². The van der Waals surface area contributed by atoms with Crippen molar-refractivity contribution in [2.45, 2.75) is 12.4 Å². The highest BCUT2D eigenvalue weighted by molar-refractivity contribution is 5.77. The average molecular weight is 267 g/mol. The van der Waals surface area contributed by atoms with Gasteiger partial charge in [-0.25, -0.2) is 4.39 Å². The number of hydrogen-bond acceptors (Lipinski definition) is 4. The molecule has 0 spiro atoms. The lowest BCUT2D eigenvalue weighted by molar-refractivity contribution is -0.275. The van der Waals surface area contributed by atoms with Crippen LogP contribution in [0.15, 0.2) is 18.2 Å². The molecule has 18 heavy (non-hydrogen) atoms. The summed E-state index contributed by atoms with van der Waals surface area (Å²) in [5.74, 6) is -3.11. The molecule has 0 aliphatic rings. The van der Waals surface area contributed by atoms with Crippen molar-refractivity contribution in [3.8, 4) is 5.75 Å². The molecular formula is C10H9F4NO3. The third-order valence-corrected chi connectivity index (χ3v) is 2.00. The molecule has 2 N–H and O–H groups in total. The minimum absolute atomic E-state index is 0.0196. The highest BCUT2D eigenvalue weighted by atomic mass is 19.4. The van der Waals surface area contributed by atoms with Crippen LogP contribution in [0.25, 0.3) is 0 Å². The van der Waals surface area contributed by atoms with Gasteiger partial charge in [0.1, 0.15) is 6.04 Å². The summed E-state index contributed by atoms with van der Waals surface area (Å²) in [4.78, 5) is 11.1. The molecule has 1 atom stereocenters. The lowest BCUT2D eigenvalue weighted by Gasteiger charge is -2.13. The summed E-state index contributed by atoms with van der Waals surface area (Å²) >= 11 is 0. The van der Waals surface area contributed by atoms with E-state index in [1.165, 1.54) is 0 Å². The summed E-state index contributed by atoms with van der Waals surface area (Å²) in [6.07, 6.45) is -4.99. The Kier molecular flexibility index (Phi) is 4.12. The van der Waals surface area contributed by atoms with E-state index in [1.807, 2.05) is 0 Å². The Balaban J connectivity index is 2.95. The minimum atomic E-state index is -4.99. The molecule has 0 fully saturated rings. The second-order valence-electron chi connectivity index (χ2n) is 3.24. The summed E-state index contributed by atoms with van der Waals surface area (Å²) in [7, 11) is 1.08. The largest absolute Gasteiger partial charge is 0.573 e. The topological polar surface area (TPSA) is 61.5 Å². The molecule has 0 unspecified atom stereocenters. The van der Waals surface area contributed by atoms with Gasteiger partial charge in [0, 0.05) is 0 Å². The standard InChI is InChI=1S/C10H9F4NO3/c1-17-9(16)8(15)5-2-3-7(6(11)4-5)18-10(12,13)14/h2-4,8H,15H2,1H3/t8-/m1/s1. The van der Waals surface area contributed by atoms with Gasteiger partial charge in [0.05, 0.1) is 7.11 Å². The second kappa shape index (κ2) is 5.21. The molecule has 0 amide bonds. The molecule has 0 heterocycles. The van der Waals surface area contributed by atoms with Gasteiger partial charge in [0.25, 0.3) is 0 Å². The molecule has 0 bridgehead atoms. The number of ether oxygens (including phenoxy) is 2. The number of halogens is 4. The summed E-state index contributed by atoms with van der Waals surface area (Å²) in [6, 6.07) is 1.19. The first-order chi connectivity index (χ1) is 8.24. The summed E-state index contributed by atoms with van der Waals surface area (Å²) in [5, 5.41) is 0. The molecule has 4 nitrogen and oxygen atoms in total. The van der Waals surface area contributed by atoms with Gasteiger partial charge in [0.15, 0.2) is 11.6 Å². The lowest BCUT2D eigenvalue weighted by Crippen LogP contribution is -2.23. The molecule has 0 saturated heterocycles. The maximum Gasteiger partial charge on any atom is 0.573 e. The summed E-state index contributed by atoms with van der Waals surface area (Å²) < 4.78 is 56.6. The molecule has 0 aliphatic heterocycles. The molecule has 0 radical (unpaired) electrons. The molecule has 1 aromatic rings. The van der Waals surface area contributed by atoms with Crippen molar-refractivity contribution in [1.82, 2.24) is 0 Å². The maximum absolute atomic E-state index is 13.3. The van der Waals surface area contributed by atoms with Crippen molar-refractivity contribution in [3.05, 3.63) is 29.6 Å². The fourth-order valence-electron chi connectivity index (χ4n) is 1.18. The lowest BCUT2D eigenvalue weighted by atomic mass is 10.1. The fourth-order valence-corrected chi connectivity index (χ4v) is 1.18. The minimum Gasteiger partial charge on any atom is -0.468 e. The van der Waals surface area contributed by atoms with E-state index in [9.17, 15) is 22.4 Å². The first-order valence-electron chi connectivity index (χ1n) is 4.63. The Bertz CT molecular complexity index is 447. The highest BCUT2D eigenvalue weighted by Crippen LogP contribution is 2.27. The zero-order chi connectivity index (χ0) is 13.9. The molecule has 100 valence electrons. The number of nitrogens with two attached hydrogens (primary N) is 1. The van der Waals surface area contributed by atoms with E-state index in [-0.39, 0.29) is 5.56 Å². The van der Waals surface area contributed by atoms with Crippen molar-refractivity contribution >= 4 is 5.97 Å². The van der Waals surface area contributed by atoms with Crippen LogP contribution in [0.5, 0.6) is 5.75 Å². The van der Waals surface area contributed by atoms with Gasteiger partial charge < -0.3 is 15.2 Å². The maximum atomic E-state index is 13.3. The molecule has 0 aromatic heterocycles. The van der Waals surface area contributed by atoms with Crippen LogP contribution in [-0.2, 0) is 9.53 Å². The average Bonchev–Trinajstić information content (AvgIpc) is 2.28. The van der Waals surface area contributed by atoms with Gasteiger partial charge in [-0.3, -0.25) is 4.79 Å². The van der Waals surface area contributed by atoms with Crippen LogP contribution < -0.4 is 10.5 Å². The van der Waals surface area contributed by atoms with Gasteiger partial charge >= 0.3 is 12.3 Å². The van der Waals surface area contributed by atoms with Crippen molar-refractivity contribution < 1.29 is 31.8 Å². The summed E-state index contributed by atoms with van der Waals surface area (Å²) in [5.41, 5.74) is 5.37. The summed E-state index contributed by atoms with van der Waals surface area (Å²) in [6.45, 7) is 0. The monoisotopic (exact) mass is 267 g/mol. The van der Waals surface area contributed by atoms with E-state index in [4.69, 9.17) is 5.73 Å². The van der Waals surface area contributed by atoms with E-state index in [1.54, 1.807) is 0 Å². The quantitative estimate of drug-likeness (QED) is 0.671. The molecule has 0 aliphatic carbocycles. The SMILES string of the molecule is COC(=O)[C@H](N)c1ccc(OC(F)(F)F)c(F)c1. The van der Waals surface area contributed by atoms with Crippen LogP contribution in [0.4, 0.5) is 17.6 Å².